The van der Waals surface area contributed by atoms with Crippen LogP contribution in [0.3, 0.4) is 0 Å². The first kappa shape index (κ1) is 17.9. The maximum atomic E-state index is 6.46. The van der Waals surface area contributed by atoms with E-state index in [9.17, 15) is 0 Å². The summed E-state index contributed by atoms with van der Waals surface area (Å²) < 4.78 is 12.2. The van der Waals surface area contributed by atoms with Crippen LogP contribution in [0.5, 0.6) is 0 Å². The molecule has 1 heterocycles. The van der Waals surface area contributed by atoms with Crippen molar-refractivity contribution in [3.8, 4) is 0 Å². The predicted octanol–water partition coefficient (Wildman–Crippen LogP) is 5.89. The minimum atomic E-state index is 0.514. The molecule has 2 aliphatic rings. The Balaban J connectivity index is 1.26. The van der Waals surface area contributed by atoms with E-state index in [0.29, 0.717) is 12.2 Å². The molecule has 1 aromatic rings. The maximum Gasteiger partial charge on any atom is 0.0716 e. The molecule has 0 radical (unpaired) electrons. The molecule has 0 aromatic heterocycles. The van der Waals surface area contributed by atoms with Crippen LogP contribution in [-0.4, -0.2) is 18.8 Å². The molecule has 0 N–H and O–H groups in total. The molecule has 24 heavy (non-hydrogen) atoms. The van der Waals surface area contributed by atoms with E-state index in [2.05, 4.69) is 24.3 Å². The lowest BCUT2D eigenvalue weighted by atomic mass is 9.82. The van der Waals surface area contributed by atoms with Crippen molar-refractivity contribution in [2.75, 3.05) is 6.61 Å². The van der Waals surface area contributed by atoms with Gasteiger partial charge in [0, 0.05) is 6.61 Å². The van der Waals surface area contributed by atoms with Gasteiger partial charge in [0.1, 0.15) is 0 Å². The molecule has 0 bridgehead atoms. The second-order valence-corrected chi connectivity index (χ2v) is 7.66. The van der Waals surface area contributed by atoms with Crippen molar-refractivity contribution in [2.45, 2.75) is 89.4 Å². The van der Waals surface area contributed by atoms with E-state index in [0.717, 1.165) is 25.6 Å². The smallest absolute Gasteiger partial charge is 0.0716 e. The van der Waals surface area contributed by atoms with Crippen LogP contribution in [0.15, 0.2) is 30.3 Å². The Kier molecular flexibility index (Phi) is 7.63. The van der Waals surface area contributed by atoms with Crippen LogP contribution in [-0.2, 0) is 16.1 Å². The van der Waals surface area contributed by atoms with Crippen LogP contribution in [0, 0.1) is 5.92 Å². The number of hydrogen-bond acceptors (Lipinski definition) is 2. The molecule has 1 aliphatic carbocycles. The molecule has 1 saturated carbocycles. The summed E-state index contributed by atoms with van der Waals surface area (Å²) in [5, 5.41) is 0. The third kappa shape index (κ3) is 5.89. The second-order valence-electron chi connectivity index (χ2n) is 7.66. The maximum absolute atomic E-state index is 6.46. The number of ether oxygens (including phenoxy) is 2. The van der Waals surface area contributed by atoms with E-state index in [-0.39, 0.29) is 0 Å². The summed E-state index contributed by atoms with van der Waals surface area (Å²) in [6.07, 6.45) is 15.7. The first-order valence-electron chi connectivity index (χ1n) is 10.2. The summed E-state index contributed by atoms with van der Waals surface area (Å²) in [5.74, 6) is 0.857. The number of rotatable bonds is 8. The summed E-state index contributed by atoms with van der Waals surface area (Å²) >= 11 is 0. The van der Waals surface area contributed by atoms with Crippen LogP contribution in [0.25, 0.3) is 0 Å². The molecule has 2 nitrogen and oxygen atoms in total. The normalized spacial score (nSPS) is 25.7. The first-order valence-corrected chi connectivity index (χ1v) is 10.2. The lowest BCUT2D eigenvalue weighted by Gasteiger charge is -2.37. The molecule has 2 atom stereocenters. The van der Waals surface area contributed by atoms with Crippen molar-refractivity contribution in [3.05, 3.63) is 35.9 Å². The molecule has 0 amide bonds. The van der Waals surface area contributed by atoms with Crippen LogP contribution < -0.4 is 0 Å². The largest absolute Gasteiger partial charge is 0.377 e. The highest BCUT2D eigenvalue weighted by molar-refractivity contribution is 5.13. The van der Waals surface area contributed by atoms with Gasteiger partial charge in [0.05, 0.1) is 18.8 Å². The SMILES string of the molecule is c1ccc(COCCCC[C@@H]2CCC[C@H](C3CCCCC3)O2)cc1. The molecule has 1 aromatic carbocycles. The average molecular weight is 331 g/mol. The van der Waals surface area contributed by atoms with E-state index in [4.69, 9.17) is 9.47 Å². The monoisotopic (exact) mass is 330 g/mol. The topological polar surface area (TPSA) is 18.5 Å². The Morgan fingerprint density at radius 3 is 2.54 bits per heavy atom. The molecule has 3 rings (SSSR count). The third-order valence-corrected chi connectivity index (χ3v) is 5.73. The van der Waals surface area contributed by atoms with Gasteiger partial charge in [0.25, 0.3) is 0 Å². The molecular weight excluding hydrogens is 296 g/mol. The Hall–Kier alpha value is -0.860. The third-order valence-electron chi connectivity index (χ3n) is 5.73. The number of hydrogen-bond donors (Lipinski definition) is 0. The summed E-state index contributed by atoms with van der Waals surface area (Å²) in [6.45, 7) is 1.61. The van der Waals surface area contributed by atoms with Gasteiger partial charge in [-0.1, -0.05) is 49.6 Å². The minimum absolute atomic E-state index is 0.514. The molecular formula is C22H34O2. The standard InChI is InChI=1S/C22H34O2/c1-3-10-19(11-4-1)18-23-17-8-7-14-21-15-9-16-22(24-21)20-12-5-2-6-13-20/h1,3-4,10-11,20-22H,2,5-9,12-18H2/t21-,22-/m1/s1. The van der Waals surface area contributed by atoms with Crippen molar-refractivity contribution in [2.24, 2.45) is 5.92 Å². The van der Waals surface area contributed by atoms with E-state index in [1.54, 1.807) is 0 Å². The zero-order chi connectivity index (χ0) is 16.5. The van der Waals surface area contributed by atoms with Crippen LogP contribution in [0.1, 0.15) is 76.2 Å². The van der Waals surface area contributed by atoms with Gasteiger partial charge in [0.2, 0.25) is 0 Å². The fraction of sp³-hybridized carbons (Fsp3) is 0.727. The molecule has 2 fully saturated rings. The second kappa shape index (κ2) is 10.2. The Bertz CT molecular complexity index is 439. The molecule has 0 spiro atoms. The van der Waals surface area contributed by atoms with Gasteiger partial charge >= 0.3 is 0 Å². The van der Waals surface area contributed by atoms with Gasteiger partial charge in [-0.3, -0.25) is 0 Å². The van der Waals surface area contributed by atoms with Gasteiger partial charge in [-0.25, -0.2) is 0 Å². The van der Waals surface area contributed by atoms with Crippen molar-refractivity contribution in [1.82, 2.24) is 0 Å². The minimum Gasteiger partial charge on any atom is -0.377 e. The number of benzene rings is 1. The van der Waals surface area contributed by atoms with Gasteiger partial charge in [-0.2, -0.15) is 0 Å². The van der Waals surface area contributed by atoms with Gasteiger partial charge in [-0.15, -0.1) is 0 Å². The van der Waals surface area contributed by atoms with Gasteiger partial charge < -0.3 is 9.47 Å². The zero-order valence-corrected chi connectivity index (χ0v) is 15.1. The molecule has 134 valence electrons. The predicted molar refractivity (Wildman–Crippen MR) is 99.0 cm³/mol. The average Bonchev–Trinajstić information content (AvgIpc) is 2.66. The fourth-order valence-electron chi connectivity index (χ4n) is 4.34. The van der Waals surface area contributed by atoms with Crippen molar-refractivity contribution in [3.63, 3.8) is 0 Å². The molecule has 1 saturated heterocycles. The van der Waals surface area contributed by atoms with Crippen molar-refractivity contribution < 1.29 is 9.47 Å². The summed E-state index contributed by atoms with van der Waals surface area (Å²) in [6, 6.07) is 10.4. The molecule has 2 heteroatoms. The molecule has 1 aliphatic heterocycles. The van der Waals surface area contributed by atoms with E-state index in [1.165, 1.54) is 69.8 Å². The van der Waals surface area contributed by atoms with Crippen LogP contribution in [0.4, 0.5) is 0 Å². The van der Waals surface area contributed by atoms with Crippen LogP contribution in [0.2, 0.25) is 0 Å². The first-order chi connectivity index (χ1) is 11.9. The summed E-state index contributed by atoms with van der Waals surface area (Å²) in [5.41, 5.74) is 1.27. The number of unbranched alkanes of at least 4 members (excludes halogenated alkanes) is 1. The van der Waals surface area contributed by atoms with E-state index in [1.807, 2.05) is 6.07 Å². The van der Waals surface area contributed by atoms with Crippen molar-refractivity contribution >= 4 is 0 Å². The highest BCUT2D eigenvalue weighted by Gasteiger charge is 2.29. The quantitative estimate of drug-likeness (QED) is 0.553. The van der Waals surface area contributed by atoms with Crippen LogP contribution >= 0.6 is 0 Å². The zero-order valence-electron chi connectivity index (χ0n) is 15.1. The van der Waals surface area contributed by atoms with Gasteiger partial charge in [-0.05, 0) is 62.8 Å². The Morgan fingerprint density at radius 1 is 0.875 bits per heavy atom. The Labute approximate surface area is 147 Å². The summed E-state index contributed by atoms with van der Waals surface area (Å²) in [7, 11) is 0. The lowest BCUT2D eigenvalue weighted by Crippen LogP contribution is -2.34. The lowest BCUT2D eigenvalue weighted by molar-refractivity contribution is -0.0873. The van der Waals surface area contributed by atoms with Gasteiger partial charge in [0.15, 0.2) is 0 Å². The highest BCUT2D eigenvalue weighted by Crippen LogP contribution is 2.34. The van der Waals surface area contributed by atoms with E-state index >= 15 is 0 Å². The highest BCUT2D eigenvalue weighted by atomic mass is 16.5. The van der Waals surface area contributed by atoms with E-state index < -0.39 is 0 Å². The van der Waals surface area contributed by atoms with Crippen molar-refractivity contribution in [1.29, 1.82) is 0 Å². The molecule has 0 unspecified atom stereocenters. The Morgan fingerprint density at radius 2 is 1.71 bits per heavy atom. The summed E-state index contributed by atoms with van der Waals surface area (Å²) in [4.78, 5) is 0. The fourth-order valence-corrected chi connectivity index (χ4v) is 4.34.